The molecule has 0 saturated carbocycles. The van der Waals surface area contributed by atoms with Crippen molar-refractivity contribution in [3.8, 4) is 11.1 Å². The molecule has 2 aromatic rings. The Hall–Kier alpha value is -1.96. The number of pyridine rings is 1. The van der Waals surface area contributed by atoms with Gasteiger partial charge in [0.05, 0.1) is 11.0 Å². The van der Waals surface area contributed by atoms with Crippen LogP contribution in [-0.4, -0.2) is 41.6 Å². The van der Waals surface area contributed by atoms with Crippen molar-refractivity contribution in [1.82, 2.24) is 8.87 Å². The van der Waals surface area contributed by atoms with Crippen molar-refractivity contribution in [2.24, 2.45) is 7.05 Å². The average Bonchev–Trinajstić information content (AvgIpc) is 2.48. The molecule has 0 bridgehead atoms. The van der Waals surface area contributed by atoms with Crippen LogP contribution < -0.4 is 5.56 Å². The van der Waals surface area contributed by atoms with Gasteiger partial charge in [0, 0.05) is 31.9 Å². The van der Waals surface area contributed by atoms with Crippen LogP contribution in [0.25, 0.3) is 11.1 Å². The minimum atomic E-state index is -3.57. The van der Waals surface area contributed by atoms with Gasteiger partial charge in [0.1, 0.15) is 0 Å². The third kappa shape index (κ3) is 2.79. The van der Waals surface area contributed by atoms with Crippen molar-refractivity contribution in [3.05, 3.63) is 51.9 Å². The van der Waals surface area contributed by atoms with Gasteiger partial charge in [0.2, 0.25) is 10.0 Å². The molecular formula is C17H20N2O4S. The maximum atomic E-state index is 12.6. The maximum Gasteiger partial charge on any atom is 0.253 e. The van der Waals surface area contributed by atoms with E-state index in [1.54, 1.807) is 45.3 Å². The molecule has 1 fully saturated rings. The van der Waals surface area contributed by atoms with Gasteiger partial charge in [-0.15, -0.1) is 0 Å². The zero-order chi connectivity index (χ0) is 17.6. The molecule has 0 spiro atoms. The Labute approximate surface area is 141 Å². The Morgan fingerprint density at radius 1 is 1.08 bits per heavy atom. The van der Waals surface area contributed by atoms with Crippen LogP contribution in [0, 0.1) is 13.8 Å². The summed E-state index contributed by atoms with van der Waals surface area (Å²) in [4.78, 5) is 12.1. The third-order valence-corrected chi connectivity index (χ3v) is 6.31. The Bertz CT molecular complexity index is 931. The predicted octanol–water partition coefficient (Wildman–Crippen LogP) is 1.03. The number of nitrogens with zero attached hydrogens (tertiary/aromatic N) is 2. The molecule has 1 saturated heterocycles. The summed E-state index contributed by atoms with van der Waals surface area (Å²) in [6.45, 7) is 3.79. The normalized spacial score (nSPS) is 16.2. The predicted molar refractivity (Wildman–Crippen MR) is 91.4 cm³/mol. The Kier molecular flexibility index (Phi) is 4.11. The maximum absolute atomic E-state index is 12.6. The Morgan fingerprint density at radius 2 is 1.71 bits per heavy atom. The van der Waals surface area contributed by atoms with Gasteiger partial charge in [-0.05, 0) is 42.7 Å². The summed E-state index contributed by atoms with van der Waals surface area (Å²) in [7, 11) is -1.88. The van der Waals surface area contributed by atoms with Gasteiger partial charge in [0.15, 0.2) is 0 Å². The van der Waals surface area contributed by atoms with E-state index in [2.05, 4.69) is 0 Å². The van der Waals surface area contributed by atoms with Gasteiger partial charge >= 0.3 is 0 Å². The van der Waals surface area contributed by atoms with E-state index < -0.39 is 16.1 Å². The number of aliphatic hydroxyl groups is 1. The van der Waals surface area contributed by atoms with E-state index in [-0.39, 0.29) is 23.5 Å². The molecule has 0 radical (unpaired) electrons. The molecular weight excluding hydrogens is 328 g/mol. The van der Waals surface area contributed by atoms with Crippen molar-refractivity contribution in [3.63, 3.8) is 0 Å². The first-order valence-electron chi connectivity index (χ1n) is 7.66. The van der Waals surface area contributed by atoms with Gasteiger partial charge in [-0.2, -0.15) is 4.31 Å². The highest BCUT2D eigenvalue weighted by molar-refractivity contribution is 7.89. The number of hydrogen-bond acceptors (Lipinski definition) is 4. The van der Waals surface area contributed by atoms with Crippen molar-refractivity contribution in [1.29, 1.82) is 0 Å². The fourth-order valence-electron chi connectivity index (χ4n) is 2.91. The largest absolute Gasteiger partial charge is 0.390 e. The van der Waals surface area contributed by atoms with Crippen LogP contribution >= 0.6 is 0 Å². The van der Waals surface area contributed by atoms with Crippen LogP contribution in [0.1, 0.15) is 11.1 Å². The first kappa shape index (κ1) is 16.9. The number of aromatic nitrogens is 1. The first-order chi connectivity index (χ1) is 11.2. The summed E-state index contributed by atoms with van der Waals surface area (Å²) in [6, 6.07) is 6.94. The lowest BCUT2D eigenvalue weighted by Gasteiger charge is -2.34. The van der Waals surface area contributed by atoms with Crippen LogP contribution in [0.4, 0.5) is 0 Å². The molecule has 1 aromatic heterocycles. The number of rotatable bonds is 3. The molecule has 1 aliphatic rings. The fourth-order valence-corrected chi connectivity index (χ4v) is 4.63. The quantitative estimate of drug-likeness (QED) is 0.899. The number of aliphatic hydroxyl groups excluding tert-OH is 1. The second kappa shape index (κ2) is 5.84. The number of hydrogen-bond donors (Lipinski definition) is 1. The lowest BCUT2D eigenvalue weighted by Crippen LogP contribution is -2.53. The molecule has 0 amide bonds. The zero-order valence-electron chi connectivity index (χ0n) is 13.9. The van der Waals surface area contributed by atoms with Crippen LogP contribution in [0.5, 0.6) is 0 Å². The third-order valence-electron chi connectivity index (χ3n) is 4.32. The first-order valence-corrected chi connectivity index (χ1v) is 9.10. The van der Waals surface area contributed by atoms with Crippen LogP contribution in [0.2, 0.25) is 0 Å². The molecule has 0 unspecified atom stereocenters. The number of benzene rings is 1. The highest BCUT2D eigenvalue weighted by Crippen LogP contribution is 2.28. The summed E-state index contributed by atoms with van der Waals surface area (Å²) in [5, 5.41) is 9.33. The van der Waals surface area contributed by atoms with Gasteiger partial charge in [-0.25, -0.2) is 8.42 Å². The molecule has 0 aliphatic carbocycles. The molecule has 6 nitrogen and oxygen atoms in total. The van der Waals surface area contributed by atoms with Crippen LogP contribution in [0.3, 0.4) is 0 Å². The summed E-state index contributed by atoms with van der Waals surface area (Å²) in [5.41, 5.74) is 2.94. The molecule has 1 aromatic carbocycles. The van der Waals surface area contributed by atoms with E-state index in [9.17, 15) is 18.3 Å². The van der Waals surface area contributed by atoms with Gasteiger partial charge in [-0.3, -0.25) is 4.79 Å². The second-order valence-corrected chi connectivity index (χ2v) is 8.19. The van der Waals surface area contributed by atoms with E-state index in [0.717, 1.165) is 11.1 Å². The van der Waals surface area contributed by atoms with Crippen molar-refractivity contribution < 1.29 is 13.5 Å². The number of aryl methyl sites for hydroxylation is 3. The van der Waals surface area contributed by atoms with Crippen molar-refractivity contribution >= 4 is 10.0 Å². The van der Waals surface area contributed by atoms with Gasteiger partial charge in [0.25, 0.3) is 5.56 Å². The SMILES string of the molecule is Cc1cc(-c2cc(C)c(=O)n(C)c2)ccc1S(=O)(=O)N1CC(O)C1. The van der Waals surface area contributed by atoms with Crippen LogP contribution in [-0.2, 0) is 17.1 Å². The highest BCUT2D eigenvalue weighted by Gasteiger charge is 2.36. The average molecular weight is 348 g/mol. The molecule has 7 heteroatoms. The second-order valence-electron chi connectivity index (χ2n) is 6.28. The smallest absolute Gasteiger partial charge is 0.253 e. The standard InChI is InChI=1S/C17H20N2O4S/c1-11-6-13(14-7-12(2)17(21)18(3)8-14)4-5-16(11)24(22,23)19-9-15(20)10-19/h4-8,15,20H,9-10H2,1-3H3. The minimum absolute atomic E-state index is 0.0500. The molecule has 24 heavy (non-hydrogen) atoms. The molecule has 128 valence electrons. The molecule has 2 heterocycles. The minimum Gasteiger partial charge on any atom is -0.390 e. The summed E-state index contributed by atoms with van der Waals surface area (Å²) in [6.07, 6.45) is 1.16. The van der Waals surface area contributed by atoms with Gasteiger partial charge in [-0.1, -0.05) is 12.1 Å². The molecule has 1 aliphatic heterocycles. The van der Waals surface area contributed by atoms with Gasteiger partial charge < -0.3 is 9.67 Å². The fraction of sp³-hybridized carbons (Fsp3) is 0.353. The van der Waals surface area contributed by atoms with E-state index in [4.69, 9.17) is 0 Å². The Morgan fingerprint density at radius 3 is 2.25 bits per heavy atom. The molecule has 1 N–H and O–H groups in total. The topological polar surface area (TPSA) is 79.6 Å². The lowest BCUT2D eigenvalue weighted by atomic mass is 10.0. The van der Waals surface area contributed by atoms with E-state index in [0.29, 0.717) is 11.1 Å². The number of sulfonamides is 1. The van der Waals surface area contributed by atoms with E-state index in [1.165, 1.54) is 8.87 Å². The van der Waals surface area contributed by atoms with Crippen molar-refractivity contribution in [2.45, 2.75) is 24.8 Å². The van der Waals surface area contributed by atoms with E-state index in [1.807, 2.05) is 6.07 Å². The monoisotopic (exact) mass is 348 g/mol. The summed E-state index contributed by atoms with van der Waals surface area (Å²) >= 11 is 0. The highest BCUT2D eigenvalue weighted by atomic mass is 32.2. The summed E-state index contributed by atoms with van der Waals surface area (Å²) < 4.78 is 27.9. The van der Waals surface area contributed by atoms with E-state index >= 15 is 0 Å². The zero-order valence-corrected chi connectivity index (χ0v) is 14.7. The van der Waals surface area contributed by atoms with Crippen molar-refractivity contribution in [2.75, 3.05) is 13.1 Å². The molecule has 0 atom stereocenters. The number of β-amino-alcohol motifs (C(OH)–C–C–N with tert-alkyl or cyclic N) is 1. The Balaban J connectivity index is 2.01. The van der Waals surface area contributed by atoms with Crippen LogP contribution in [0.15, 0.2) is 40.2 Å². The summed E-state index contributed by atoms with van der Waals surface area (Å²) in [5.74, 6) is 0. The molecule has 3 rings (SSSR count). The lowest BCUT2D eigenvalue weighted by molar-refractivity contribution is 0.0547.